The van der Waals surface area contributed by atoms with Gasteiger partial charge in [-0.1, -0.05) is 34.1 Å². The van der Waals surface area contributed by atoms with Gasteiger partial charge >= 0.3 is 0 Å². The minimum Gasteiger partial charge on any atom is -0.236 e. The normalized spacial score (nSPS) is 10.1. The highest BCUT2D eigenvalue weighted by Crippen LogP contribution is 2.26. The van der Waals surface area contributed by atoms with Gasteiger partial charge in [-0.05, 0) is 28.1 Å². The van der Waals surface area contributed by atoms with E-state index in [1.807, 2.05) is 30.3 Å². The van der Waals surface area contributed by atoms with E-state index in [0.717, 1.165) is 20.3 Å². The number of benzene rings is 1. The van der Waals surface area contributed by atoms with Crippen molar-refractivity contribution < 1.29 is 0 Å². The molecule has 2 aromatic rings. The summed E-state index contributed by atoms with van der Waals surface area (Å²) in [5.41, 5.74) is 1.97. The van der Waals surface area contributed by atoms with Gasteiger partial charge in [-0.2, -0.15) is 0 Å². The highest BCUT2D eigenvalue weighted by atomic mass is 79.9. The van der Waals surface area contributed by atoms with Crippen molar-refractivity contribution in [1.29, 1.82) is 0 Å². The molecular weight excluding hydrogens is 308 g/mol. The smallest absolute Gasteiger partial charge is 0.117 e. The summed E-state index contributed by atoms with van der Waals surface area (Å²) in [5, 5.41) is 0. The van der Waals surface area contributed by atoms with Gasteiger partial charge in [0.15, 0.2) is 0 Å². The Morgan fingerprint density at radius 2 is 1.79 bits per heavy atom. The molecule has 14 heavy (non-hydrogen) atoms. The summed E-state index contributed by atoms with van der Waals surface area (Å²) in [6, 6.07) is 9.85. The minimum absolute atomic E-state index is 0.790. The van der Waals surface area contributed by atoms with E-state index in [0.29, 0.717) is 0 Å². The van der Waals surface area contributed by atoms with E-state index in [1.54, 1.807) is 6.33 Å². The van der Waals surface area contributed by atoms with Gasteiger partial charge in [-0.3, -0.25) is 0 Å². The van der Waals surface area contributed by atoms with Crippen LogP contribution in [0.2, 0.25) is 0 Å². The van der Waals surface area contributed by atoms with Crippen LogP contribution in [0.1, 0.15) is 0 Å². The Hall–Kier alpha value is -0.740. The molecule has 2 rings (SSSR count). The van der Waals surface area contributed by atoms with E-state index >= 15 is 0 Å². The third-order valence-corrected chi connectivity index (χ3v) is 2.91. The van der Waals surface area contributed by atoms with Gasteiger partial charge in [0.2, 0.25) is 0 Å². The third kappa shape index (κ3) is 2.01. The summed E-state index contributed by atoms with van der Waals surface area (Å²) in [6.07, 6.45) is 1.54. The fourth-order valence-corrected chi connectivity index (χ4v) is 1.95. The molecule has 0 aliphatic heterocycles. The molecular formula is C10H6Br2N2. The maximum atomic E-state index is 4.20. The average molecular weight is 314 g/mol. The highest BCUT2D eigenvalue weighted by molar-refractivity contribution is 9.10. The van der Waals surface area contributed by atoms with Gasteiger partial charge < -0.3 is 0 Å². The maximum Gasteiger partial charge on any atom is 0.117 e. The van der Waals surface area contributed by atoms with Crippen LogP contribution in [0.4, 0.5) is 0 Å². The van der Waals surface area contributed by atoms with Crippen LogP contribution in [0.5, 0.6) is 0 Å². The van der Waals surface area contributed by atoms with E-state index in [4.69, 9.17) is 0 Å². The molecule has 0 spiro atoms. The molecule has 0 saturated carbocycles. The first-order valence-corrected chi connectivity index (χ1v) is 5.58. The van der Waals surface area contributed by atoms with Crippen molar-refractivity contribution >= 4 is 31.9 Å². The Labute approximate surface area is 98.7 Å². The van der Waals surface area contributed by atoms with Crippen molar-refractivity contribution in [1.82, 2.24) is 9.97 Å². The van der Waals surface area contributed by atoms with E-state index in [-0.39, 0.29) is 0 Å². The van der Waals surface area contributed by atoms with Gasteiger partial charge in [-0.25, -0.2) is 9.97 Å². The van der Waals surface area contributed by atoms with Crippen molar-refractivity contribution in [3.05, 3.63) is 45.7 Å². The Morgan fingerprint density at radius 3 is 2.50 bits per heavy atom. The fraction of sp³-hybridized carbons (Fsp3) is 0. The van der Waals surface area contributed by atoms with E-state index in [1.165, 1.54) is 0 Å². The van der Waals surface area contributed by atoms with E-state index in [9.17, 15) is 0 Å². The van der Waals surface area contributed by atoms with Crippen LogP contribution in [-0.2, 0) is 0 Å². The van der Waals surface area contributed by atoms with Crippen LogP contribution in [-0.4, -0.2) is 9.97 Å². The first kappa shape index (κ1) is 9.80. The Bertz CT molecular complexity index is 457. The lowest BCUT2D eigenvalue weighted by molar-refractivity contribution is 1.14. The second-order valence-electron chi connectivity index (χ2n) is 2.71. The first-order valence-electron chi connectivity index (χ1n) is 4.00. The topological polar surface area (TPSA) is 25.8 Å². The molecule has 0 N–H and O–H groups in total. The van der Waals surface area contributed by atoms with Crippen LogP contribution in [0.3, 0.4) is 0 Å². The van der Waals surface area contributed by atoms with Gasteiger partial charge in [0, 0.05) is 10.0 Å². The fourth-order valence-electron chi connectivity index (χ4n) is 1.15. The number of nitrogens with zero attached hydrogens (tertiary/aromatic N) is 2. The third-order valence-electron chi connectivity index (χ3n) is 1.78. The molecule has 0 aliphatic carbocycles. The quantitative estimate of drug-likeness (QED) is 0.751. The lowest BCUT2D eigenvalue weighted by atomic mass is 10.1. The molecule has 4 heteroatoms. The molecule has 0 fully saturated rings. The van der Waals surface area contributed by atoms with Crippen molar-refractivity contribution in [2.75, 3.05) is 0 Å². The Morgan fingerprint density at radius 1 is 1.00 bits per heavy atom. The molecule has 1 aromatic heterocycles. The standard InChI is InChI=1S/C10H6Br2N2/c11-8-4-2-1-3-7(8)9-5-10(12)14-6-13-9/h1-6H. The lowest BCUT2D eigenvalue weighted by Gasteiger charge is -2.02. The number of rotatable bonds is 1. The molecule has 0 bridgehead atoms. The highest BCUT2D eigenvalue weighted by Gasteiger charge is 2.03. The zero-order chi connectivity index (χ0) is 9.97. The van der Waals surface area contributed by atoms with Crippen molar-refractivity contribution in [3.63, 3.8) is 0 Å². The molecule has 0 radical (unpaired) electrons. The largest absolute Gasteiger partial charge is 0.236 e. The summed E-state index contributed by atoms with van der Waals surface area (Å²) in [4.78, 5) is 8.18. The molecule has 0 saturated heterocycles. The summed E-state index contributed by atoms with van der Waals surface area (Å²) in [6.45, 7) is 0. The molecule has 70 valence electrons. The SMILES string of the molecule is Brc1cc(-c2ccccc2Br)ncn1. The van der Waals surface area contributed by atoms with Crippen LogP contribution in [0, 0.1) is 0 Å². The number of halogens is 2. The molecule has 0 aliphatic rings. The van der Waals surface area contributed by atoms with Crippen molar-refractivity contribution in [2.24, 2.45) is 0 Å². The predicted octanol–water partition coefficient (Wildman–Crippen LogP) is 3.67. The molecule has 2 nitrogen and oxygen atoms in total. The van der Waals surface area contributed by atoms with Crippen LogP contribution in [0.25, 0.3) is 11.3 Å². The van der Waals surface area contributed by atoms with E-state index < -0.39 is 0 Å². The molecule has 1 aromatic carbocycles. The number of hydrogen-bond donors (Lipinski definition) is 0. The zero-order valence-corrected chi connectivity index (χ0v) is 10.3. The molecule has 0 atom stereocenters. The predicted molar refractivity (Wildman–Crippen MR) is 62.9 cm³/mol. The summed E-state index contributed by atoms with van der Waals surface area (Å²) < 4.78 is 1.82. The lowest BCUT2D eigenvalue weighted by Crippen LogP contribution is -1.86. The van der Waals surface area contributed by atoms with Crippen molar-refractivity contribution in [2.45, 2.75) is 0 Å². The van der Waals surface area contributed by atoms with Crippen molar-refractivity contribution in [3.8, 4) is 11.3 Å². The van der Waals surface area contributed by atoms with Gasteiger partial charge in [0.25, 0.3) is 0 Å². The zero-order valence-electron chi connectivity index (χ0n) is 7.11. The average Bonchev–Trinajstić information content (AvgIpc) is 2.18. The van der Waals surface area contributed by atoms with E-state index in [2.05, 4.69) is 41.8 Å². The van der Waals surface area contributed by atoms with Gasteiger partial charge in [-0.15, -0.1) is 0 Å². The monoisotopic (exact) mass is 312 g/mol. The van der Waals surface area contributed by atoms with Crippen LogP contribution >= 0.6 is 31.9 Å². The molecule has 0 unspecified atom stereocenters. The van der Waals surface area contributed by atoms with Crippen LogP contribution in [0.15, 0.2) is 45.7 Å². The summed E-state index contributed by atoms with van der Waals surface area (Å²) in [5.74, 6) is 0. The molecule has 1 heterocycles. The first-order chi connectivity index (χ1) is 6.77. The number of aromatic nitrogens is 2. The second kappa shape index (κ2) is 4.19. The number of hydrogen-bond acceptors (Lipinski definition) is 2. The minimum atomic E-state index is 0.790. The second-order valence-corrected chi connectivity index (χ2v) is 4.37. The maximum absolute atomic E-state index is 4.20. The van der Waals surface area contributed by atoms with Crippen LogP contribution < -0.4 is 0 Å². The Balaban J connectivity index is 2.55. The van der Waals surface area contributed by atoms with Gasteiger partial charge in [0.05, 0.1) is 5.69 Å². The summed E-state index contributed by atoms with van der Waals surface area (Å²) >= 11 is 6.80. The summed E-state index contributed by atoms with van der Waals surface area (Å²) in [7, 11) is 0. The molecule has 0 amide bonds. The Kier molecular flexibility index (Phi) is 2.93. The van der Waals surface area contributed by atoms with Gasteiger partial charge in [0.1, 0.15) is 10.9 Å².